The number of benzene rings is 2. The molecule has 1 aliphatic heterocycles. The molecule has 2 aromatic carbocycles. The summed E-state index contributed by atoms with van der Waals surface area (Å²) in [5.41, 5.74) is 0.145. The van der Waals surface area contributed by atoms with Crippen molar-refractivity contribution >= 4 is 15.7 Å². The third-order valence-corrected chi connectivity index (χ3v) is 7.14. The van der Waals surface area contributed by atoms with Crippen molar-refractivity contribution < 1.29 is 17.2 Å². The van der Waals surface area contributed by atoms with Crippen molar-refractivity contribution in [2.75, 3.05) is 18.0 Å². The molecule has 0 atom stereocenters. The summed E-state index contributed by atoms with van der Waals surface area (Å²) in [6.07, 6.45) is 3.01. The number of nitrogens with zero attached hydrogens (tertiary/aromatic N) is 2. The minimum Gasteiger partial charge on any atom is -0.419 e. The number of piperidine rings is 1. The number of halogens is 1. The number of rotatable bonds is 5. The molecule has 2 heterocycles. The summed E-state index contributed by atoms with van der Waals surface area (Å²) < 4.78 is 46.8. The molecule has 5 nitrogen and oxygen atoms in total. The van der Waals surface area contributed by atoms with Gasteiger partial charge in [0.1, 0.15) is 5.82 Å². The van der Waals surface area contributed by atoms with Crippen LogP contribution in [0.25, 0.3) is 11.5 Å². The van der Waals surface area contributed by atoms with Crippen LogP contribution in [0.4, 0.5) is 10.3 Å². The van der Waals surface area contributed by atoms with Crippen LogP contribution in [0.2, 0.25) is 0 Å². The molecule has 0 unspecified atom stereocenters. The van der Waals surface area contributed by atoms with E-state index in [2.05, 4.69) is 11.9 Å². The molecular weight excluding hydrogens is 391 g/mol. The summed E-state index contributed by atoms with van der Waals surface area (Å²) in [6.45, 7) is 3.53. The molecule has 3 aromatic rings. The Balaban J connectivity index is 1.82. The van der Waals surface area contributed by atoms with Gasteiger partial charge in [-0.15, -0.1) is 0 Å². The van der Waals surface area contributed by atoms with Gasteiger partial charge in [0.15, 0.2) is 0 Å². The van der Waals surface area contributed by atoms with Gasteiger partial charge in [0.05, 0.1) is 10.5 Å². The third kappa shape index (κ3) is 3.79. The van der Waals surface area contributed by atoms with E-state index in [9.17, 15) is 12.8 Å². The first-order valence-corrected chi connectivity index (χ1v) is 11.3. The molecule has 0 aliphatic carbocycles. The molecule has 1 fully saturated rings. The monoisotopic (exact) mass is 414 g/mol. The molecule has 152 valence electrons. The first-order valence-electron chi connectivity index (χ1n) is 9.81. The quantitative estimate of drug-likeness (QED) is 0.592. The van der Waals surface area contributed by atoms with Crippen LogP contribution in [0.15, 0.2) is 68.9 Å². The number of aromatic nitrogens is 1. The van der Waals surface area contributed by atoms with E-state index >= 15 is 0 Å². The molecule has 29 heavy (non-hydrogen) atoms. The molecule has 0 radical (unpaired) electrons. The third-order valence-electron chi connectivity index (χ3n) is 5.47. The highest BCUT2D eigenvalue weighted by molar-refractivity contribution is 7.91. The van der Waals surface area contributed by atoms with Crippen molar-refractivity contribution in [3.8, 4) is 11.5 Å². The Bertz CT molecular complexity index is 1090. The van der Waals surface area contributed by atoms with Crippen molar-refractivity contribution in [3.05, 3.63) is 60.4 Å². The fourth-order valence-corrected chi connectivity index (χ4v) is 5.02. The molecule has 1 aliphatic rings. The van der Waals surface area contributed by atoms with Crippen LogP contribution < -0.4 is 4.90 Å². The average Bonchev–Trinajstić information content (AvgIpc) is 3.21. The smallest absolute Gasteiger partial charge is 0.236 e. The lowest BCUT2D eigenvalue weighted by Crippen LogP contribution is -2.34. The molecule has 0 spiro atoms. The second kappa shape index (κ2) is 7.99. The summed E-state index contributed by atoms with van der Waals surface area (Å²) >= 11 is 0. The fourth-order valence-electron chi connectivity index (χ4n) is 3.68. The zero-order valence-electron chi connectivity index (χ0n) is 16.2. The van der Waals surface area contributed by atoms with Crippen molar-refractivity contribution in [2.24, 2.45) is 5.92 Å². The van der Waals surface area contributed by atoms with E-state index in [-0.39, 0.29) is 27.3 Å². The van der Waals surface area contributed by atoms with Crippen molar-refractivity contribution in [1.29, 1.82) is 0 Å². The number of hydrogen-bond acceptors (Lipinski definition) is 5. The lowest BCUT2D eigenvalue weighted by molar-refractivity contribution is 0.380. The Hall–Kier alpha value is -2.67. The van der Waals surface area contributed by atoms with Crippen LogP contribution in [0.5, 0.6) is 0 Å². The maximum absolute atomic E-state index is 14.3. The molecule has 4 rings (SSSR count). The van der Waals surface area contributed by atoms with E-state index in [1.807, 2.05) is 4.90 Å². The van der Waals surface area contributed by atoms with Crippen LogP contribution in [0.1, 0.15) is 26.2 Å². The number of oxazole rings is 1. The maximum atomic E-state index is 14.3. The van der Waals surface area contributed by atoms with Gasteiger partial charge in [0.25, 0.3) is 0 Å². The SMILES string of the molecule is CCC1CCN(c2oc(-c3ccccc3F)nc2S(=O)(=O)c2ccccc2)CC1. The molecule has 0 bridgehead atoms. The van der Waals surface area contributed by atoms with Gasteiger partial charge in [-0.1, -0.05) is 43.7 Å². The molecule has 0 amide bonds. The minimum absolute atomic E-state index is 0.0229. The zero-order chi connectivity index (χ0) is 20.4. The zero-order valence-corrected chi connectivity index (χ0v) is 17.0. The van der Waals surface area contributed by atoms with Gasteiger partial charge < -0.3 is 9.32 Å². The molecule has 1 aromatic heterocycles. The summed E-state index contributed by atoms with van der Waals surface area (Å²) in [6, 6.07) is 14.2. The van der Waals surface area contributed by atoms with Crippen molar-refractivity contribution in [1.82, 2.24) is 4.98 Å². The predicted molar refractivity (Wildman–Crippen MR) is 109 cm³/mol. The van der Waals surface area contributed by atoms with E-state index in [1.54, 1.807) is 30.3 Å². The summed E-state index contributed by atoms with van der Waals surface area (Å²) in [5.74, 6) is 0.287. The van der Waals surface area contributed by atoms with Crippen LogP contribution in [-0.2, 0) is 9.84 Å². The lowest BCUT2D eigenvalue weighted by atomic mass is 9.95. The Morgan fingerprint density at radius 2 is 1.72 bits per heavy atom. The number of anilines is 1. The summed E-state index contributed by atoms with van der Waals surface area (Å²) in [5, 5.41) is -0.156. The van der Waals surface area contributed by atoms with E-state index < -0.39 is 15.7 Å². The highest BCUT2D eigenvalue weighted by Gasteiger charge is 2.33. The standard InChI is InChI=1S/C22H23FN2O3S/c1-2-16-12-14-25(15-13-16)22-21(29(26,27)17-8-4-3-5-9-17)24-20(28-22)18-10-6-7-11-19(18)23/h3-11,16H,2,12-15H2,1H3. The normalized spacial score (nSPS) is 15.6. The highest BCUT2D eigenvalue weighted by Crippen LogP contribution is 2.37. The van der Waals surface area contributed by atoms with E-state index in [4.69, 9.17) is 4.42 Å². The average molecular weight is 415 g/mol. The Labute approximate surface area is 170 Å². The predicted octanol–water partition coefficient (Wildman–Crippen LogP) is 4.94. The second-order valence-corrected chi connectivity index (χ2v) is 9.13. The van der Waals surface area contributed by atoms with Gasteiger partial charge in [-0.05, 0) is 43.0 Å². The van der Waals surface area contributed by atoms with Crippen LogP contribution in [-0.4, -0.2) is 26.5 Å². The van der Waals surface area contributed by atoms with Gasteiger partial charge in [-0.2, -0.15) is 4.98 Å². The molecule has 0 saturated carbocycles. The number of sulfone groups is 1. The van der Waals surface area contributed by atoms with Crippen LogP contribution in [0, 0.1) is 11.7 Å². The van der Waals surface area contributed by atoms with E-state index in [0.717, 1.165) is 19.3 Å². The summed E-state index contributed by atoms with van der Waals surface area (Å²) in [7, 11) is -3.91. The van der Waals surface area contributed by atoms with Crippen molar-refractivity contribution in [3.63, 3.8) is 0 Å². The van der Waals surface area contributed by atoms with E-state index in [0.29, 0.717) is 19.0 Å². The number of hydrogen-bond donors (Lipinski definition) is 0. The first kappa shape index (κ1) is 19.6. The largest absolute Gasteiger partial charge is 0.419 e. The van der Waals surface area contributed by atoms with Crippen molar-refractivity contribution in [2.45, 2.75) is 36.1 Å². The topological polar surface area (TPSA) is 63.4 Å². The molecule has 0 N–H and O–H groups in total. The van der Waals surface area contributed by atoms with Gasteiger partial charge in [0.2, 0.25) is 26.6 Å². The molecular formula is C22H23FN2O3S. The fraction of sp³-hybridized carbons (Fsp3) is 0.318. The Kier molecular flexibility index (Phi) is 5.41. The molecule has 7 heteroatoms. The minimum atomic E-state index is -3.91. The van der Waals surface area contributed by atoms with Gasteiger partial charge in [-0.3, -0.25) is 0 Å². The van der Waals surface area contributed by atoms with Crippen LogP contribution in [0.3, 0.4) is 0 Å². The van der Waals surface area contributed by atoms with Gasteiger partial charge in [-0.25, -0.2) is 12.8 Å². The first-order chi connectivity index (χ1) is 14.0. The highest BCUT2D eigenvalue weighted by atomic mass is 32.2. The van der Waals surface area contributed by atoms with Crippen LogP contribution >= 0.6 is 0 Å². The van der Waals surface area contributed by atoms with E-state index in [1.165, 1.54) is 24.3 Å². The lowest BCUT2D eigenvalue weighted by Gasteiger charge is -2.31. The Morgan fingerprint density at radius 3 is 2.38 bits per heavy atom. The Morgan fingerprint density at radius 1 is 1.07 bits per heavy atom. The maximum Gasteiger partial charge on any atom is 0.236 e. The summed E-state index contributed by atoms with van der Waals surface area (Å²) in [4.78, 5) is 6.32. The molecule has 1 saturated heterocycles. The van der Waals surface area contributed by atoms with Gasteiger partial charge >= 0.3 is 0 Å². The second-order valence-electron chi connectivity index (χ2n) is 7.26. The van der Waals surface area contributed by atoms with Gasteiger partial charge in [0, 0.05) is 13.1 Å².